The second-order valence-electron chi connectivity index (χ2n) is 8.98. The highest BCUT2D eigenvalue weighted by molar-refractivity contribution is 7.90. The molecular weight excluding hydrogens is 502 g/mol. The molecule has 0 bridgehead atoms. The third-order valence-corrected chi connectivity index (χ3v) is 6.75. The van der Waals surface area contributed by atoms with Gasteiger partial charge in [0.15, 0.2) is 9.84 Å². The summed E-state index contributed by atoms with van der Waals surface area (Å²) in [7, 11) is -2.63. The minimum atomic E-state index is -3.99. The van der Waals surface area contributed by atoms with Gasteiger partial charge in [-0.25, -0.2) is 18.0 Å². The highest BCUT2D eigenvalue weighted by atomic mass is 32.2. The number of carboxylic acid groups (broad SMARTS) is 1. The van der Waals surface area contributed by atoms with Crippen LogP contribution in [0.5, 0.6) is 11.5 Å². The number of carbonyl (C=O) groups excluding carboxylic acids is 1. The molecule has 0 atom stereocenters. The summed E-state index contributed by atoms with van der Waals surface area (Å²) in [4.78, 5) is 24.3. The van der Waals surface area contributed by atoms with Crippen molar-refractivity contribution in [1.82, 2.24) is 5.32 Å². The molecule has 0 aliphatic carbocycles. The van der Waals surface area contributed by atoms with Crippen LogP contribution in [-0.4, -0.2) is 51.4 Å². The van der Waals surface area contributed by atoms with Gasteiger partial charge in [-0.15, -0.1) is 0 Å². The Morgan fingerprint density at radius 3 is 2.43 bits per heavy atom. The summed E-state index contributed by atoms with van der Waals surface area (Å²) >= 11 is 0. The molecule has 1 aromatic heterocycles. The molecule has 3 aromatic rings. The normalized spacial score (nSPS) is 11.6. The lowest BCUT2D eigenvalue weighted by atomic mass is 9.99. The molecule has 0 aliphatic rings. The summed E-state index contributed by atoms with van der Waals surface area (Å²) in [6.45, 7) is 5.09. The second-order valence-corrected chi connectivity index (χ2v) is 10.9. The third-order valence-electron chi connectivity index (χ3n) is 5.06. The lowest BCUT2D eigenvalue weighted by molar-refractivity contribution is 0.0518. The quantitative estimate of drug-likeness (QED) is 0.361. The third kappa shape index (κ3) is 7.04. The average molecular weight is 532 g/mol. The fraction of sp³-hybridized carbons (Fsp3) is 0.308. The number of nitrogens with one attached hydrogen (secondary N) is 1. The van der Waals surface area contributed by atoms with Crippen molar-refractivity contribution in [2.24, 2.45) is 0 Å². The average Bonchev–Trinajstić information content (AvgIpc) is 3.35. The van der Waals surface area contributed by atoms with E-state index in [0.29, 0.717) is 11.1 Å². The van der Waals surface area contributed by atoms with Gasteiger partial charge in [0.25, 0.3) is 0 Å². The minimum Gasteiger partial charge on any atom is -0.495 e. The summed E-state index contributed by atoms with van der Waals surface area (Å²) < 4.78 is 47.8. The molecule has 1 amide bonds. The Kier molecular flexibility index (Phi) is 8.49. The highest BCUT2D eigenvalue weighted by Crippen LogP contribution is 2.37. The SMILES string of the molecule is COc1ccccc1S(=O)(=O)Cc1ccc(-c2ccoc2)c(OCCNC(=O)OC(C)(C)C)c1C(=O)O. The van der Waals surface area contributed by atoms with E-state index in [4.69, 9.17) is 18.6 Å². The van der Waals surface area contributed by atoms with Gasteiger partial charge in [0.2, 0.25) is 0 Å². The second kappa shape index (κ2) is 11.4. The monoisotopic (exact) mass is 531 g/mol. The topological polar surface area (TPSA) is 141 Å². The van der Waals surface area contributed by atoms with Crippen molar-refractivity contribution in [3.05, 3.63) is 66.1 Å². The maximum Gasteiger partial charge on any atom is 0.407 e. The van der Waals surface area contributed by atoms with E-state index >= 15 is 0 Å². The van der Waals surface area contributed by atoms with Gasteiger partial charge in [-0.1, -0.05) is 24.3 Å². The maximum absolute atomic E-state index is 13.2. The van der Waals surface area contributed by atoms with Crippen LogP contribution >= 0.6 is 0 Å². The Hall–Kier alpha value is -3.99. The number of carboxylic acids is 1. The van der Waals surface area contributed by atoms with Gasteiger partial charge in [0, 0.05) is 11.1 Å². The Bertz CT molecular complexity index is 1360. The summed E-state index contributed by atoms with van der Waals surface area (Å²) in [5.74, 6) is -1.87. The van der Waals surface area contributed by atoms with E-state index in [2.05, 4.69) is 5.32 Å². The number of hydrogen-bond donors (Lipinski definition) is 2. The van der Waals surface area contributed by atoms with E-state index in [1.165, 1.54) is 37.8 Å². The largest absolute Gasteiger partial charge is 0.495 e. The summed E-state index contributed by atoms with van der Waals surface area (Å²) in [5, 5.41) is 12.6. The molecule has 2 aromatic carbocycles. The zero-order chi connectivity index (χ0) is 27.2. The van der Waals surface area contributed by atoms with Gasteiger partial charge in [-0.2, -0.15) is 0 Å². The van der Waals surface area contributed by atoms with Crippen molar-refractivity contribution in [2.45, 2.75) is 37.0 Å². The van der Waals surface area contributed by atoms with Crippen molar-refractivity contribution in [2.75, 3.05) is 20.3 Å². The van der Waals surface area contributed by atoms with Gasteiger partial charge >= 0.3 is 12.1 Å². The first kappa shape index (κ1) is 27.6. The fourth-order valence-electron chi connectivity index (χ4n) is 3.55. The first-order valence-corrected chi connectivity index (χ1v) is 13.0. The van der Waals surface area contributed by atoms with E-state index in [-0.39, 0.29) is 40.7 Å². The van der Waals surface area contributed by atoms with Crippen molar-refractivity contribution >= 4 is 21.9 Å². The van der Waals surface area contributed by atoms with Crippen LogP contribution in [-0.2, 0) is 20.3 Å². The number of benzene rings is 2. The molecule has 3 rings (SSSR count). The van der Waals surface area contributed by atoms with Crippen LogP contribution in [0.25, 0.3) is 11.1 Å². The number of hydrogen-bond acceptors (Lipinski definition) is 8. The predicted octanol–water partition coefficient (Wildman–Crippen LogP) is 4.53. The molecular formula is C26H29NO9S. The number of carbonyl (C=O) groups is 2. The number of furan rings is 1. The molecule has 0 saturated heterocycles. The van der Waals surface area contributed by atoms with Crippen LogP contribution in [0.15, 0.2) is 64.3 Å². The number of aromatic carboxylic acids is 1. The van der Waals surface area contributed by atoms with Gasteiger partial charge in [-0.3, -0.25) is 0 Å². The van der Waals surface area contributed by atoms with E-state index in [1.807, 2.05) is 0 Å². The molecule has 11 heteroatoms. The zero-order valence-corrected chi connectivity index (χ0v) is 21.8. The van der Waals surface area contributed by atoms with Gasteiger partial charge in [0.1, 0.15) is 34.2 Å². The highest BCUT2D eigenvalue weighted by Gasteiger charge is 2.27. The molecule has 0 unspecified atom stereocenters. The molecule has 2 N–H and O–H groups in total. The van der Waals surface area contributed by atoms with Crippen LogP contribution in [0.2, 0.25) is 0 Å². The van der Waals surface area contributed by atoms with Crippen LogP contribution in [0.3, 0.4) is 0 Å². The van der Waals surface area contributed by atoms with Crippen molar-refractivity contribution in [1.29, 1.82) is 0 Å². The van der Waals surface area contributed by atoms with Crippen molar-refractivity contribution < 1.29 is 41.7 Å². The van der Waals surface area contributed by atoms with Crippen LogP contribution in [0, 0.1) is 0 Å². The molecule has 198 valence electrons. The van der Waals surface area contributed by atoms with Gasteiger partial charge in [0.05, 0.1) is 31.9 Å². The lowest BCUT2D eigenvalue weighted by Gasteiger charge is -2.20. The van der Waals surface area contributed by atoms with E-state index < -0.39 is 33.3 Å². The van der Waals surface area contributed by atoms with Gasteiger partial charge < -0.3 is 29.1 Å². The molecule has 0 fully saturated rings. The number of rotatable bonds is 10. The van der Waals surface area contributed by atoms with E-state index in [1.54, 1.807) is 45.0 Å². The summed E-state index contributed by atoms with van der Waals surface area (Å²) in [6, 6.07) is 10.7. The number of methoxy groups -OCH3 is 1. The molecule has 10 nitrogen and oxygen atoms in total. The first-order chi connectivity index (χ1) is 17.4. The molecule has 0 spiro atoms. The van der Waals surface area contributed by atoms with Crippen LogP contribution in [0.4, 0.5) is 4.79 Å². The van der Waals surface area contributed by atoms with Crippen molar-refractivity contribution in [3.63, 3.8) is 0 Å². The minimum absolute atomic E-state index is 0.0164. The van der Waals surface area contributed by atoms with E-state index in [0.717, 1.165) is 0 Å². The molecule has 0 saturated carbocycles. The maximum atomic E-state index is 13.2. The smallest absolute Gasteiger partial charge is 0.407 e. The fourth-order valence-corrected chi connectivity index (χ4v) is 5.10. The molecule has 0 radical (unpaired) electrons. The summed E-state index contributed by atoms with van der Waals surface area (Å²) in [5.41, 5.74) is -0.0364. The Labute approximate surface area is 215 Å². The predicted molar refractivity (Wildman–Crippen MR) is 135 cm³/mol. The lowest BCUT2D eigenvalue weighted by Crippen LogP contribution is -2.34. The van der Waals surface area contributed by atoms with Crippen molar-refractivity contribution in [3.8, 4) is 22.6 Å². The summed E-state index contributed by atoms with van der Waals surface area (Å²) in [6.07, 6.45) is 2.18. The number of alkyl carbamates (subject to hydrolysis) is 1. The zero-order valence-electron chi connectivity index (χ0n) is 20.9. The Morgan fingerprint density at radius 2 is 1.81 bits per heavy atom. The molecule has 0 aliphatic heterocycles. The van der Waals surface area contributed by atoms with Crippen LogP contribution < -0.4 is 14.8 Å². The van der Waals surface area contributed by atoms with E-state index in [9.17, 15) is 23.1 Å². The number of para-hydroxylation sites is 1. The number of amides is 1. The molecule has 37 heavy (non-hydrogen) atoms. The Balaban J connectivity index is 1.96. The number of sulfone groups is 1. The standard InChI is InChI=1S/C26H29NO9S/c1-26(2,3)36-25(30)27-12-14-35-23-19(17-11-13-34-15-17)10-9-18(22(23)24(28)29)16-37(31,32)21-8-6-5-7-20(21)33-4/h5-11,13,15H,12,14,16H2,1-4H3,(H,27,30)(H,28,29). The number of ether oxygens (including phenoxy) is 3. The van der Waals surface area contributed by atoms with Gasteiger partial charge in [-0.05, 0) is 44.5 Å². The van der Waals surface area contributed by atoms with Crippen LogP contribution in [0.1, 0.15) is 36.7 Å². The first-order valence-electron chi connectivity index (χ1n) is 11.3. The molecule has 1 heterocycles. The Morgan fingerprint density at radius 1 is 1.08 bits per heavy atom.